The number of anilines is 1. The Hall–Kier alpha value is -2.93. The van der Waals surface area contributed by atoms with E-state index in [-0.39, 0.29) is 17.7 Å². The molecule has 0 spiro atoms. The van der Waals surface area contributed by atoms with Gasteiger partial charge >= 0.3 is 0 Å². The van der Waals surface area contributed by atoms with Crippen LogP contribution in [0, 0.1) is 11.2 Å². The maximum absolute atomic E-state index is 15.3. The molecule has 4 rings (SSSR count). The van der Waals surface area contributed by atoms with E-state index in [0.29, 0.717) is 18.2 Å². The van der Waals surface area contributed by atoms with Crippen LogP contribution in [0.1, 0.15) is 38.3 Å². The number of hydrogen-bond donors (Lipinski definition) is 2. The molecule has 0 bridgehead atoms. The molecule has 0 radical (unpaired) electrons. The minimum Gasteiger partial charge on any atom is -0.369 e. The zero-order chi connectivity index (χ0) is 23.1. The first-order chi connectivity index (χ1) is 15.1. The lowest BCUT2D eigenvalue weighted by molar-refractivity contribution is -0.140. The van der Waals surface area contributed by atoms with Gasteiger partial charge in [0.15, 0.2) is 5.96 Å². The highest BCUT2D eigenvalue weighted by molar-refractivity contribution is 6.01. The zero-order valence-corrected chi connectivity index (χ0v) is 19.2. The number of nitrogens with zero attached hydrogens (tertiary/aromatic N) is 3. The Labute approximate surface area is 189 Å². The number of rotatable bonds is 5. The lowest BCUT2D eigenvalue weighted by Crippen LogP contribution is -2.58. The molecule has 1 fully saturated rings. The standard InChI is InChI=1S/C25H32FN5O/c1-24(2)22(32)30(4)23(27)29-25(24,3)20-14-18(10-11-21(20)26)31(19-12-13-28-15-19)16-17-8-6-5-7-9-17/h5-11,14,19,28H,12-13,15-16H2,1-4H3,(H2,27,29)/t19?,25-/m1/s1. The third-order valence-electron chi connectivity index (χ3n) is 7.21. The van der Waals surface area contributed by atoms with Crippen molar-refractivity contribution in [2.75, 3.05) is 25.0 Å². The summed E-state index contributed by atoms with van der Waals surface area (Å²) >= 11 is 0. The van der Waals surface area contributed by atoms with Crippen LogP contribution < -0.4 is 16.0 Å². The molecule has 0 aromatic heterocycles. The van der Waals surface area contributed by atoms with Crippen molar-refractivity contribution < 1.29 is 9.18 Å². The number of guanidine groups is 1. The minimum absolute atomic E-state index is 0.0998. The number of aliphatic imine (C=N–C) groups is 1. The molecule has 1 saturated heterocycles. The number of nitrogens with two attached hydrogens (primary N) is 1. The van der Waals surface area contributed by atoms with Gasteiger partial charge in [-0.3, -0.25) is 9.69 Å². The SMILES string of the molecule is CN1C(=O)C(C)(C)[C@@](C)(c2cc(N(Cc3ccccc3)C3CCNC3)ccc2F)N=C1N. The maximum atomic E-state index is 15.3. The van der Waals surface area contributed by atoms with E-state index in [9.17, 15) is 4.79 Å². The third-order valence-corrected chi connectivity index (χ3v) is 7.21. The van der Waals surface area contributed by atoms with Crippen molar-refractivity contribution in [3.8, 4) is 0 Å². The van der Waals surface area contributed by atoms with E-state index in [1.165, 1.54) is 16.5 Å². The average molecular weight is 438 g/mol. The van der Waals surface area contributed by atoms with Crippen LogP contribution in [-0.4, -0.2) is 42.9 Å². The molecule has 2 aliphatic heterocycles. The van der Waals surface area contributed by atoms with Crippen LogP contribution in [0.2, 0.25) is 0 Å². The quantitative estimate of drug-likeness (QED) is 0.753. The van der Waals surface area contributed by atoms with Crippen LogP contribution in [0.15, 0.2) is 53.5 Å². The Kier molecular flexibility index (Phi) is 5.71. The summed E-state index contributed by atoms with van der Waals surface area (Å²) in [6, 6.07) is 15.7. The van der Waals surface area contributed by atoms with E-state index < -0.39 is 11.0 Å². The van der Waals surface area contributed by atoms with Crippen LogP contribution >= 0.6 is 0 Å². The second-order valence-corrected chi connectivity index (χ2v) is 9.46. The molecule has 2 aromatic rings. The molecule has 0 saturated carbocycles. The van der Waals surface area contributed by atoms with E-state index in [1.54, 1.807) is 27.8 Å². The second-order valence-electron chi connectivity index (χ2n) is 9.46. The highest BCUT2D eigenvalue weighted by Crippen LogP contribution is 2.48. The molecule has 1 unspecified atom stereocenters. The summed E-state index contributed by atoms with van der Waals surface area (Å²) in [6.07, 6.45) is 1.01. The normalized spacial score (nSPS) is 25.0. The van der Waals surface area contributed by atoms with Gasteiger partial charge in [-0.2, -0.15) is 0 Å². The van der Waals surface area contributed by atoms with Gasteiger partial charge in [-0.05, 0) is 57.5 Å². The van der Waals surface area contributed by atoms with E-state index >= 15 is 4.39 Å². The number of carbonyl (C=O) groups is 1. The summed E-state index contributed by atoms with van der Waals surface area (Å²) in [5.41, 5.74) is 6.45. The van der Waals surface area contributed by atoms with Crippen LogP contribution in [0.5, 0.6) is 0 Å². The summed E-state index contributed by atoms with van der Waals surface area (Å²) in [6.45, 7) is 7.94. The van der Waals surface area contributed by atoms with E-state index in [1.807, 2.05) is 30.3 Å². The fourth-order valence-corrected chi connectivity index (χ4v) is 4.75. The summed E-state index contributed by atoms with van der Waals surface area (Å²) in [5, 5.41) is 3.43. The van der Waals surface area contributed by atoms with Gasteiger partial charge in [0.25, 0.3) is 0 Å². The van der Waals surface area contributed by atoms with Crippen molar-refractivity contribution in [1.29, 1.82) is 0 Å². The molecular weight excluding hydrogens is 405 g/mol. The number of benzene rings is 2. The van der Waals surface area contributed by atoms with Gasteiger partial charge in [0.05, 0.1) is 5.41 Å². The van der Waals surface area contributed by atoms with Crippen molar-refractivity contribution >= 4 is 17.6 Å². The number of amides is 1. The first-order valence-corrected chi connectivity index (χ1v) is 11.1. The Balaban J connectivity index is 1.81. The van der Waals surface area contributed by atoms with Crippen LogP contribution in [0.3, 0.4) is 0 Å². The molecule has 170 valence electrons. The first-order valence-electron chi connectivity index (χ1n) is 11.1. The van der Waals surface area contributed by atoms with Crippen molar-refractivity contribution in [1.82, 2.24) is 10.2 Å². The Morgan fingerprint density at radius 2 is 1.94 bits per heavy atom. The Morgan fingerprint density at radius 3 is 2.59 bits per heavy atom. The first kappa shape index (κ1) is 22.3. The van der Waals surface area contributed by atoms with Gasteiger partial charge in [-0.15, -0.1) is 0 Å². The molecule has 0 aliphatic carbocycles. The van der Waals surface area contributed by atoms with Crippen LogP contribution in [-0.2, 0) is 16.9 Å². The molecule has 2 heterocycles. The predicted octanol–water partition coefficient (Wildman–Crippen LogP) is 3.22. The second kappa shape index (κ2) is 8.20. The summed E-state index contributed by atoms with van der Waals surface area (Å²) in [5.74, 6) is -0.469. The van der Waals surface area contributed by atoms with Crippen molar-refractivity contribution in [3.05, 3.63) is 65.5 Å². The number of hydrogen-bond acceptors (Lipinski definition) is 5. The van der Waals surface area contributed by atoms with Gasteiger partial charge in [-0.25, -0.2) is 9.38 Å². The fourth-order valence-electron chi connectivity index (χ4n) is 4.75. The van der Waals surface area contributed by atoms with Crippen molar-refractivity contribution in [3.63, 3.8) is 0 Å². The average Bonchev–Trinajstić information content (AvgIpc) is 3.31. The van der Waals surface area contributed by atoms with Crippen molar-refractivity contribution in [2.24, 2.45) is 16.1 Å². The van der Waals surface area contributed by atoms with Gasteiger partial charge in [-0.1, -0.05) is 30.3 Å². The highest BCUT2D eigenvalue weighted by Gasteiger charge is 2.54. The summed E-state index contributed by atoms with van der Waals surface area (Å²) in [4.78, 5) is 21.4. The number of carbonyl (C=O) groups excluding carboxylic acids is 1. The maximum Gasteiger partial charge on any atom is 0.237 e. The van der Waals surface area contributed by atoms with E-state index in [0.717, 1.165) is 25.2 Å². The Bertz CT molecular complexity index is 1030. The number of nitrogens with one attached hydrogen (secondary N) is 1. The topological polar surface area (TPSA) is 74.0 Å². The number of halogens is 1. The molecular formula is C25H32FN5O. The highest BCUT2D eigenvalue weighted by atomic mass is 19.1. The van der Waals surface area contributed by atoms with E-state index in [4.69, 9.17) is 5.73 Å². The van der Waals surface area contributed by atoms with E-state index in [2.05, 4.69) is 27.3 Å². The molecule has 1 amide bonds. The molecule has 6 nitrogen and oxygen atoms in total. The molecule has 3 N–H and O–H groups in total. The molecule has 2 aromatic carbocycles. The van der Waals surface area contributed by atoms with Gasteiger partial charge in [0.1, 0.15) is 11.4 Å². The predicted molar refractivity (Wildman–Crippen MR) is 126 cm³/mol. The Morgan fingerprint density at radius 1 is 1.22 bits per heavy atom. The van der Waals surface area contributed by atoms with Gasteiger partial charge < -0.3 is 16.0 Å². The van der Waals surface area contributed by atoms with Gasteiger partial charge in [0.2, 0.25) is 5.91 Å². The molecule has 2 atom stereocenters. The molecule has 32 heavy (non-hydrogen) atoms. The minimum atomic E-state index is -1.13. The monoisotopic (exact) mass is 437 g/mol. The van der Waals surface area contributed by atoms with Crippen LogP contribution in [0.4, 0.5) is 10.1 Å². The molecule has 2 aliphatic rings. The van der Waals surface area contributed by atoms with Gasteiger partial charge in [0, 0.05) is 37.4 Å². The smallest absolute Gasteiger partial charge is 0.237 e. The van der Waals surface area contributed by atoms with Crippen LogP contribution in [0.25, 0.3) is 0 Å². The lowest BCUT2D eigenvalue weighted by Gasteiger charge is -2.46. The fraction of sp³-hybridized carbons (Fsp3) is 0.440. The third kappa shape index (κ3) is 3.64. The largest absolute Gasteiger partial charge is 0.369 e. The lowest BCUT2D eigenvalue weighted by atomic mass is 9.67. The molecule has 7 heteroatoms. The summed E-state index contributed by atoms with van der Waals surface area (Å²) < 4.78 is 15.3. The zero-order valence-electron chi connectivity index (χ0n) is 19.2. The summed E-state index contributed by atoms with van der Waals surface area (Å²) in [7, 11) is 1.60. The van der Waals surface area contributed by atoms with Crippen molar-refractivity contribution in [2.45, 2.75) is 45.3 Å².